The second-order valence-electron chi connectivity index (χ2n) is 7.81. The zero-order valence-corrected chi connectivity index (χ0v) is 18.9. The van der Waals surface area contributed by atoms with E-state index in [1.54, 1.807) is 63.2 Å². The van der Waals surface area contributed by atoms with Gasteiger partial charge in [0.25, 0.3) is 5.91 Å². The number of benzene rings is 2. The quantitative estimate of drug-likeness (QED) is 0.578. The summed E-state index contributed by atoms with van der Waals surface area (Å²) in [6.07, 6.45) is -0.671. The van der Waals surface area contributed by atoms with Crippen molar-refractivity contribution in [1.29, 1.82) is 0 Å². The van der Waals surface area contributed by atoms with E-state index in [0.717, 1.165) is 0 Å². The summed E-state index contributed by atoms with van der Waals surface area (Å²) in [5.74, 6) is 0.235. The van der Waals surface area contributed by atoms with Gasteiger partial charge in [0.1, 0.15) is 12.1 Å². The van der Waals surface area contributed by atoms with Crippen molar-refractivity contribution in [2.45, 2.75) is 32.9 Å². The molecule has 2 aromatic rings. The molecule has 0 saturated carbocycles. The molecule has 0 radical (unpaired) electrons. The van der Waals surface area contributed by atoms with Crippen LogP contribution in [0.3, 0.4) is 0 Å². The molecule has 3 N–H and O–H groups in total. The summed E-state index contributed by atoms with van der Waals surface area (Å²) in [6.45, 7) is 5.14. The van der Waals surface area contributed by atoms with E-state index in [-0.39, 0.29) is 19.0 Å². The number of carbonyl (C=O) groups is 3. The Morgan fingerprint density at radius 3 is 2.25 bits per heavy atom. The zero-order valence-electron chi connectivity index (χ0n) is 18.9. The molecule has 32 heavy (non-hydrogen) atoms. The van der Waals surface area contributed by atoms with Gasteiger partial charge in [0.05, 0.1) is 14.2 Å². The van der Waals surface area contributed by atoms with Gasteiger partial charge in [-0.2, -0.15) is 0 Å². The van der Waals surface area contributed by atoms with Crippen molar-refractivity contribution in [2.24, 2.45) is 0 Å². The van der Waals surface area contributed by atoms with E-state index >= 15 is 0 Å². The van der Waals surface area contributed by atoms with Gasteiger partial charge in [-0.05, 0) is 50.6 Å². The lowest BCUT2D eigenvalue weighted by molar-refractivity contribution is -0.120. The number of hydrogen-bond donors (Lipinski definition) is 3. The normalized spacial score (nSPS) is 10.7. The van der Waals surface area contributed by atoms with Crippen LogP contribution in [0.15, 0.2) is 42.5 Å². The van der Waals surface area contributed by atoms with Crippen LogP contribution in [0, 0.1) is 0 Å². The molecule has 0 atom stereocenters. The van der Waals surface area contributed by atoms with E-state index in [4.69, 9.17) is 14.2 Å². The maximum absolute atomic E-state index is 12.7. The Hall–Kier alpha value is -3.75. The summed E-state index contributed by atoms with van der Waals surface area (Å²) in [5.41, 5.74) is 0.994. The Morgan fingerprint density at radius 2 is 1.59 bits per heavy atom. The first-order valence-corrected chi connectivity index (χ1v) is 9.97. The summed E-state index contributed by atoms with van der Waals surface area (Å²) in [5, 5.41) is 7.94. The van der Waals surface area contributed by atoms with Crippen LogP contribution in [0.1, 0.15) is 36.7 Å². The lowest BCUT2D eigenvalue weighted by Crippen LogP contribution is -2.39. The summed E-state index contributed by atoms with van der Waals surface area (Å²) in [7, 11) is 3.01. The Labute approximate surface area is 187 Å². The molecule has 0 aromatic heterocycles. The maximum Gasteiger partial charge on any atom is 0.408 e. The standard InChI is InChI=1S/C23H29N3O6/c1-23(2,3)32-22(29)25-14-20(27)24-13-16-8-6-7-9-17(16)26-21(28)15-10-11-18(30-4)19(12-15)31-5/h6-12H,13-14H2,1-5H3,(H,24,27)(H,25,29)(H,26,28). The van der Waals surface area contributed by atoms with Gasteiger partial charge in [0.2, 0.25) is 5.91 Å². The summed E-state index contributed by atoms with van der Waals surface area (Å²) in [4.78, 5) is 36.4. The molecular weight excluding hydrogens is 414 g/mol. The number of para-hydroxylation sites is 1. The van der Waals surface area contributed by atoms with Gasteiger partial charge in [0.15, 0.2) is 11.5 Å². The Balaban J connectivity index is 1.97. The van der Waals surface area contributed by atoms with Crippen LogP contribution in [0.4, 0.5) is 10.5 Å². The van der Waals surface area contributed by atoms with E-state index < -0.39 is 17.6 Å². The number of methoxy groups -OCH3 is 2. The van der Waals surface area contributed by atoms with Gasteiger partial charge >= 0.3 is 6.09 Å². The highest BCUT2D eigenvalue weighted by Gasteiger charge is 2.17. The van der Waals surface area contributed by atoms with Crippen molar-refractivity contribution in [2.75, 3.05) is 26.1 Å². The van der Waals surface area contributed by atoms with Crippen molar-refractivity contribution in [3.05, 3.63) is 53.6 Å². The van der Waals surface area contributed by atoms with Crippen LogP contribution in [0.2, 0.25) is 0 Å². The fraction of sp³-hybridized carbons (Fsp3) is 0.348. The molecule has 2 aromatic carbocycles. The van der Waals surface area contributed by atoms with Crippen molar-refractivity contribution in [3.63, 3.8) is 0 Å². The Bertz CT molecular complexity index is 968. The number of amides is 3. The molecule has 0 aliphatic carbocycles. The van der Waals surface area contributed by atoms with Gasteiger partial charge in [-0.25, -0.2) is 4.79 Å². The second kappa shape index (κ2) is 11.0. The van der Waals surface area contributed by atoms with E-state index in [1.807, 2.05) is 0 Å². The fourth-order valence-electron chi connectivity index (χ4n) is 2.69. The topological polar surface area (TPSA) is 115 Å². The van der Waals surface area contributed by atoms with Crippen LogP contribution in [0.25, 0.3) is 0 Å². The third-order valence-corrected chi connectivity index (χ3v) is 4.18. The van der Waals surface area contributed by atoms with Crippen LogP contribution >= 0.6 is 0 Å². The van der Waals surface area contributed by atoms with Gasteiger partial charge in [-0.1, -0.05) is 18.2 Å². The van der Waals surface area contributed by atoms with Crippen LogP contribution in [0.5, 0.6) is 11.5 Å². The van der Waals surface area contributed by atoms with Gasteiger partial charge < -0.3 is 30.2 Å². The Kier molecular flexibility index (Phi) is 8.46. The number of rotatable bonds is 8. The van der Waals surface area contributed by atoms with Crippen molar-refractivity contribution < 1.29 is 28.6 Å². The third kappa shape index (κ3) is 7.50. The van der Waals surface area contributed by atoms with Crippen molar-refractivity contribution in [3.8, 4) is 11.5 Å². The number of hydrogen-bond acceptors (Lipinski definition) is 6. The molecule has 0 fully saturated rings. The van der Waals surface area contributed by atoms with Crippen LogP contribution in [-0.4, -0.2) is 44.3 Å². The van der Waals surface area contributed by atoms with Crippen molar-refractivity contribution >= 4 is 23.6 Å². The fourth-order valence-corrected chi connectivity index (χ4v) is 2.69. The van der Waals surface area contributed by atoms with Gasteiger partial charge in [0, 0.05) is 17.8 Å². The van der Waals surface area contributed by atoms with Crippen LogP contribution in [-0.2, 0) is 16.1 Å². The number of alkyl carbamates (subject to hydrolysis) is 1. The lowest BCUT2D eigenvalue weighted by Gasteiger charge is -2.19. The van der Waals surface area contributed by atoms with Gasteiger partial charge in [-0.3, -0.25) is 9.59 Å². The molecule has 0 bridgehead atoms. The zero-order chi connectivity index (χ0) is 23.7. The number of carbonyl (C=O) groups excluding carboxylic acids is 3. The molecule has 9 heteroatoms. The largest absolute Gasteiger partial charge is 0.493 e. The summed E-state index contributed by atoms with van der Waals surface area (Å²) in [6, 6.07) is 12.0. The second-order valence-corrected chi connectivity index (χ2v) is 7.81. The number of nitrogens with one attached hydrogen (secondary N) is 3. The minimum absolute atomic E-state index is 0.164. The molecule has 172 valence electrons. The highest BCUT2D eigenvalue weighted by molar-refractivity contribution is 6.05. The average Bonchev–Trinajstić information content (AvgIpc) is 2.75. The maximum atomic E-state index is 12.7. The predicted octanol–water partition coefficient (Wildman–Crippen LogP) is 3.10. The molecule has 9 nitrogen and oxygen atoms in total. The molecule has 0 aliphatic rings. The smallest absolute Gasteiger partial charge is 0.408 e. The molecule has 0 saturated heterocycles. The lowest BCUT2D eigenvalue weighted by atomic mass is 10.1. The van der Waals surface area contributed by atoms with Gasteiger partial charge in [-0.15, -0.1) is 0 Å². The summed E-state index contributed by atoms with van der Waals surface area (Å²) >= 11 is 0. The Morgan fingerprint density at radius 1 is 0.906 bits per heavy atom. The number of ether oxygens (including phenoxy) is 3. The third-order valence-electron chi connectivity index (χ3n) is 4.18. The number of anilines is 1. The summed E-state index contributed by atoms with van der Waals surface area (Å²) < 4.78 is 15.5. The molecule has 0 unspecified atom stereocenters. The molecular formula is C23H29N3O6. The van der Waals surface area contributed by atoms with E-state index in [9.17, 15) is 14.4 Å². The molecule has 0 heterocycles. The molecule has 0 aliphatic heterocycles. The highest BCUT2D eigenvalue weighted by atomic mass is 16.6. The van der Waals surface area contributed by atoms with E-state index in [2.05, 4.69) is 16.0 Å². The first kappa shape index (κ1) is 24.5. The molecule has 3 amide bonds. The average molecular weight is 444 g/mol. The predicted molar refractivity (Wildman–Crippen MR) is 120 cm³/mol. The molecule has 2 rings (SSSR count). The first-order valence-electron chi connectivity index (χ1n) is 9.97. The first-order chi connectivity index (χ1) is 15.1. The minimum Gasteiger partial charge on any atom is -0.493 e. The van der Waals surface area contributed by atoms with Crippen molar-refractivity contribution in [1.82, 2.24) is 10.6 Å². The van der Waals surface area contributed by atoms with E-state index in [1.165, 1.54) is 14.2 Å². The SMILES string of the molecule is COc1ccc(C(=O)Nc2ccccc2CNC(=O)CNC(=O)OC(C)(C)C)cc1OC. The molecule has 0 spiro atoms. The minimum atomic E-state index is -0.671. The highest BCUT2D eigenvalue weighted by Crippen LogP contribution is 2.28. The monoisotopic (exact) mass is 443 g/mol. The van der Waals surface area contributed by atoms with E-state index in [0.29, 0.717) is 28.3 Å². The van der Waals surface area contributed by atoms with Crippen LogP contribution < -0.4 is 25.4 Å².